The van der Waals surface area contributed by atoms with Crippen LogP contribution in [0.4, 0.5) is 0 Å². The zero-order chi connectivity index (χ0) is 14.4. The summed E-state index contributed by atoms with van der Waals surface area (Å²) in [5.74, 6) is 0.655. The van der Waals surface area contributed by atoms with Gasteiger partial charge in [0.15, 0.2) is 0 Å². The molecule has 0 fully saturated rings. The summed E-state index contributed by atoms with van der Waals surface area (Å²) in [6.45, 7) is 1.35. The van der Waals surface area contributed by atoms with Crippen molar-refractivity contribution >= 4 is 5.71 Å². The first kappa shape index (κ1) is 14.8. The van der Waals surface area contributed by atoms with E-state index in [1.807, 2.05) is 24.3 Å². The van der Waals surface area contributed by atoms with Gasteiger partial charge in [-0.3, -0.25) is 0 Å². The lowest BCUT2D eigenvalue weighted by Gasteiger charge is -2.33. The van der Waals surface area contributed by atoms with E-state index in [0.29, 0.717) is 37.1 Å². The van der Waals surface area contributed by atoms with E-state index < -0.39 is 0 Å². The second-order valence-electron chi connectivity index (χ2n) is 4.59. The first-order chi connectivity index (χ1) is 9.74. The smallest absolute Gasteiger partial charge is 0.119 e. The summed E-state index contributed by atoms with van der Waals surface area (Å²) in [7, 11) is 1.62. The molecular weight excluding hydrogens is 260 g/mol. The summed E-state index contributed by atoms with van der Waals surface area (Å²) < 4.78 is 10.4. The Kier molecular flexibility index (Phi) is 5.34. The summed E-state index contributed by atoms with van der Waals surface area (Å²) in [5.41, 5.74) is 1.47. The molecule has 6 nitrogen and oxygen atoms in total. The van der Waals surface area contributed by atoms with Crippen molar-refractivity contribution in [1.82, 2.24) is 5.17 Å². The monoisotopic (exact) mass is 279 g/mol. The molecule has 1 unspecified atom stereocenters. The van der Waals surface area contributed by atoms with E-state index in [4.69, 9.17) is 9.47 Å². The molecule has 1 aromatic carbocycles. The SMILES string of the molecule is COCCOc1ccc(C2=NN([O-])CCC2CO)cc1. The normalized spacial score (nSPS) is 18.9. The van der Waals surface area contributed by atoms with Gasteiger partial charge in [-0.15, -0.1) is 0 Å². The van der Waals surface area contributed by atoms with Crippen LogP contribution >= 0.6 is 0 Å². The molecule has 1 N–H and O–H groups in total. The number of nitrogens with zero attached hydrogens (tertiary/aromatic N) is 2. The molecule has 0 saturated heterocycles. The lowest BCUT2D eigenvalue weighted by atomic mass is 9.93. The lowest BCUT2D eigenvalue weighted by molar-refractivity contribution is 0.146. The van der Waals surface area contributed by atoms with Crippen LogP contribution in [0.2, 0.25) is 0 Å². The van der Waals surface area contributed by atoms with Crippen LogP contribution in [0.1, 0.15) is 12.0 Å². The molecule has 0 radical (unpaired) electrons. The fraction of sp³-hybridized carbons (Fsp3) is 0.500. The van der Waals surface area contributed by atoms with Gasteiger partial charge < -0.3 is 25.0 Å². The summed E-state index contributed by atoms with van der Waals surface area (Å²) in [4.78, 5) is 0. The van der Waals surface area contributed by atoms with Crippen molar-refractivity contribution in [2.24, 2.45) is 11.0 Å². The Hall–Kier alpha value is -1.63. The molecule has 0 spiro atoms. The van der Waals surface area contributed by atoms with Gasteiger partial charge in [0.1, 0.15) is 12.4 Å². The second-order valence-corrected chi connectivity index (χ2v) is 4.59. The maximum atomic E-state index is 11.4. The van der Waals surface area contributed by atoms with Crippen molar-refractivity contribution in [2.75, 3.05) is 33.5 Å². The minimum Gasteiger partial charge on any atom is -0.742 e. The predicted octanol–water partition coefficient (Wildman–Crippen LogP) is 1.23. The zero-order valence-electron chi connectivity index (χ0n) is 11.5. The maximum Gasteiger partial charge on any atom is 0.119 e. The molecule has 0 bridgehead atoms. The van der Waals surface area contributed by atoms with Gasteiger partial charge in [-0.1, -0.05) is 0 Å². The van der Waals surface area contributed by atoms with Crippen LogP contribution < -0.4 is 4.74 Å². The van der Waals surface area contributed by atoms with Gasteiger partial charge in [-0.2, -0.15) is 5.10 Å². The van der Waals surface area contributed by atoms with Crippen molar-refractivity contribution in [3.05, 3.63) is 35.0 Å². The zero-order valence-corrected chi connectivity index (χ0v) is 11.5. The Morgan fingerprint density at radius 3 is 2.75 bits per heavy atom. The molecule has 0 saturated carbocycles. The number of hydrazone groups is 1. The van der Waals surface area contributed by atoms with Gasteiger partial charge in [0.25, 0.3) is 0 Å². The average Bonchev–Trinajstić information content (AvgIpc) is 2.48. The van der Waals surface area contributed by atoms with Crippen LogP contribution in [0.5, 0.6) is 5.75 Å². The van der Waals surface area contributed by atoms with E-state index in [2.05, 4.69) is 5.10 Å². The number of aliphatic hydroxyl groups excluding tert-OH is 1. The number of hydroxylamine groups is 1. The van der Waals surface area contributed by atoms with Crippen LogP contribution in [0, 0.1) is 11.1 Å². The summed E-state index contributed by atoms with van der Waals surface area (Å²) in [5, 5.41) is 25.4. The Labute approximate surface area is 118 Å². The first-order valence-corrected chi connectivity index (χ1v) is 6.60. The molecule has 20 heavy (non-hydrogen) atoms. The first-order valence-electron chi connectivity index (χ1n) is 6.60. The topological polar surface area (TPSA) is 77.4 Å². The highest BCUT2D eigenvalue weighted by atomic mass is 16.5. The van der Waals surface area contributed by atoms with Crippen molar-refractivity contribution in [3.8, 4) is 5.75 Å². The second kappa shape index (κ2) is 7.23. The number of ether oxygens (including phenoxy) is 2. The van der Waals surface area contributed by atoms with E-state index in [0.717, 1.165) is 11.3 Å². The molecule has 1 heterocycles. The molecule has 0 aromatic heterocycles. The van der Waals surface area contributed by atoms with Crippen molar-refractivity contribution in [1.29, 1.82) is 0 Å². The van der Waals surface area contributed by atoms with E-state index >= 15 is 0 Å². The Balaban J connectivity index is 2.08. The fourth-order valence-corrected chi connectivity index (χ4v) is 2.09. The Morgan fingerprint density at radius 2 is 2.10 bits per heavy atom. The maximum absolute atomic E-state index is 11.4. The molecule has 1 atom stereocenters. The van der Waals surface area contributed by atoms with E-state index in [-0.39, 0.29) is 12.5 Å². The molecule has 1 aliphatic rings. The minimum atomic E-state index is -0.0829. The number of methoxy groups -OCH3 is 1. The molecule has 110 valence electrons. The molecule has 0 amide bonds. The lowest BCUT2D eigenvalue weighted by Crippen LogP contribution is -2.31. The van der Waals surface area contributed by atoms with Gasteiger partial charge in [0.05, 0.1) is 18.9 Å². The third kappa shape index (κ3) is 3.69. The molecule has 1 aromatic rings. The highest BCUT2D eigenvalue weighted by Crippen LogP contribution is 2.21. The highest BCUT2D eigenvalue weighted by Gasteiger charge is 2.21. The fourth-order valence-electron chi connectivity index (χ4n) is 2.09. The van der Waals surface area contributed by atoms with Gasteiger partial charge in [-0.05, 0) is 36.2 Å². The third-order valence-electron chi connectivity index (χ3n) is 3.20. The van der Waals surface area contributed by atoms with Gasteiger partial charge in [0, 0.05) is 19.6 Å². The number of hydrogen-bond donors (Lipinski definition) is 1. The van der Waals surface area contributed by atoms with Crippen LogP contribution in [0.3, 0.4) is 0 Å². The van der Waals surface area contributed by atoms with Crippen LogP contribution in [-0.2, 0) is 4.74 Å². The van der Waals surface area contributed by atoms with E-state index in [1.165, 1.54) is 0 Å². The molecule has 2 rings (SSSR count). The van der Waals surface area contributed by atoms with Crippen molar-refractivity contribution in [2.45, 2.75) is 6.42 Å². The van der Waals surface area contributed by atoms with E-state index in [9.17, 15) is 10.3 Å². The van der Waals surface area contributed by atoms with Crippen LogP contribution in [-0.4, -0.2) is 49.5 Å². The predicted molar refractivity (Wildman–Crippen MR) is 75.6 cm³/mol. The van der Waals surface area contributed by atoms with Crippen LogP contribution in [0.25, 0.3) is 0 Å². The molecule has 1 aliphatic heterocycles. The van der Waals surface area contributed by atoms with Crippen molar-refractivity contribution < 1.29 is 14.6 Å². The summed E-state index contributed by atoms with van der Waals surface area (Å²) >= 11 is 0. The standard InChI is InChI=1S/C14H19N2O4/c1-19-8-9-20-13-4-2-11(3-5-13)14-12(10-17)6-7-16(18)15-14/h2-5,12,17H,6-10H2,1H3/q-1. The van der Waals surface area contributed by atoms with E-state index in [1.54, 1.807) is 7.11 Å². The van der Waals surface area contributed by atoms with Gasteiger partial charge >= 0.3 is 0 Å². The summed E-state index contributed by atoms with van der Waals surface area (Å²) in [6, 6.07) is 7.35. The number of aliphatic hydroxyl groups is 1. The molecule has 0 aliphatic carbocycles. The number of hydrogen-bond acceptors (Lipinski definition) is 6. The Morgan fingerprint density at radius 1 is 1.35 bits per heavy atom. The minimum absolute atomic E-state index is 0.00123. The summed E-state index contributed by atoms with van der Waals surface area (Å²) in [6.07, 6.45) is 0.616. The molecule has 6 heteroatoms. The van der Waals surface area contributed by atoms with Crippen molar-refractivity contribution in [3.63, 3.8) is 0 Å². The average molecular weight is 279 g/mol. The third-order valence-corrected chi connectivity index (χ3v) is 3.20. The highest BCUT2D eigenvalue weighted by molar-refractivity contribution is 6.02. The van der Waals surface area contributed by atoms with Gasteiger partial charge in [-0.25, -0.2) is 0 Å². The quantitative estimate of drug-likeness (QED) is 0.792. The Bertz CT molecular complexity index is 447. The molecular formula is C14H19N2O4-. The number of rotatable bonds is 6. The van der Waals surface area contributed by atoms with Crippen LogP contribution in [0.15, 0.2) is 29.4 Å². The number of benzene rings is 1. The largest absolute Gasteiger partial charge is 0.742 e. The van der Waals surface area contributed by atoms with Gasteiger partial charge in [0.2, 0.25) is 0 Å².